The number of rotatable bonds is 3. The van der Waals surface area contributed by atoms with Gasteiger partial charge in [-0.05, 0) is 56.5 Å². The third-order valence-electron chi connectivity index (χ3n) is 4.87. The van der Waals surface area contributed by atoms with E-state index in [2.05, 4.69) is 10.4 Å². The second-order valence-corrected chi connectivity index (χ2v) is 7.87. The van der Waals surface area contributed by atoms with Gasteiger partial charge in [-0.25, -0.2) is 4.52 Å². The van der Waals surface area contributed by atoms with Crippen molar-refractivity contribution in [2.24, 2.45) is 5.73 Å². The third kappa shape index (κ3) is 2.48. The van der Waals surface area contributed by atoms with Crippen LogP contribution in [0.4, 0.5) is 19.0 Å². The lowest BCUT2D eigenvalue weighted by molar-refractivity contribution is -0.0328. The molecule has 0 radical (unpaired) electrons. The predicted molar refractivity (Wildman–Crippen MR) is 83.6 cm³/mol. The predicted octanol–water partition coefficient (Wildman–Crippen LogP) is 3.69. The molecule has 3 aliphatic rings. The van der Waals surface area contributed by atoms with Crippen LogP contribution in [0, 0.1) is 6.92 Å². The molecule has 3 saturated carbocycles. The lowest BCUT2D eigenvalue weighted by Gasteiger charge is -2.46. The molecule has 0 aliphatic heterocycles. The molecular formula is C15H17F3N4S. The Morgan fingerprint density at radius 2 is 2.04 bits per heavy atom. The Morgan fingerprint density at radius 3 is 2.65 bits per heavy atom. The van der Waals surface area contributed by atoms with E-state index in [4.69, 9.17) is 5.73 Å². The van der Waals surface area contributed by atoms with Crippen LogP contribution in [-0.4, -0.2) is 26.2 Å². The summed E-state index contributed by atoms with van der Waals surface area (Å²) in [5.41, 5.74) is 2.65. The van der Waals surface area contributed by atoms with E-state index in [1.165, 1.54) is 0 Å². The molecule has 2 bridgehead atoms. The van der Waals surface area contributed by atoms with Crippen LogP contribution in [0.3, 0.4) is 0 Å². The molecule has 3 fully saturated rings. The molecule has 5 rings (SSSR count). The maximum atomic E-state index is 12.8. The molecule has 2 heterocycles. The Labute approximate surface area is 135 Å². The number of nitrogens with zero attached hydrogens (tertiary/aromatic N) is 2. The highest BCUT2D eigenvalue weighted by molar-refractivity contribution is 8.00. The second-order valence-electron chi connectivity index (χ2n) is 6.79. The minimum absolute atomic E-state index is 0.0276. The highest BCUT2D eigenvalue weighted by Gasteiger charge is 2.58. The van der Waals surface area contributed by atoms with E-state index in [9.17, 15) is 13.2 Å². The Kier molecular flexibility index (Phi) is 3.01. The zero-order valence-electron chi connectivity index (χ0n) is 12.6. The van der Waals surface area contributed by atoms with Crippen molar-refractivity contribution in [3.05, 3.63) is 23.9 Å². The molecule has 8 heteroatoms. The standard InChI is InChI=1S/C15H17F3N4S/c1-9-12(23-15(16,17)18)10-3-2-4-11(22(10)21-9)20-14-6-5-13(19,7-14)8-14/h2-4,20H,5-8,19H2,1H3. The van der Waals surface area contributed by atoms with Crippen molar-refractivity contribution in [1.82, 2.24) is 9.61 Å². The third-order valence-corrected chi connectivity index (χ3v) is 5.81. The van der Waals surface area contributed by atoms with Crippen LogP contribution in [0.1, 0.15) is 31.4 Å². The average molecular weight is 342 g/mol. The van der Waals surface area contributed by atoms with E-state index in [1.807, 2.05) is 6.07 Å². The van der Waals surface area contributed by atoms with Crippen molar-refractivity contribution in [2.45, 2.75) is 54.1 Å². The average Bonchev–Trinajstić information content (AvgIpc) is 2.99. The van der Waals surface area contributed by atoms with Crippen molar-refractivity contribution < 1.29 is 13.2 Å². The van der Waals surface area contributed by atoms with Gasteiger partial charge in [0.1, 0.15) is 5.82 Å². The molecule has 2 aromatic rings. The van der Waals surface area contributed by atoms with Crippen LogP contribution in [0.25, 0.3) is 5.52 Å². The number of hydrogen-bond acceptors (Lipinski definition) is 4. The van der Waals surface area contributed by atoms with Gasteiger partial charge in [-0.15, -0.1) is 0 Å². The number of nitrogens with two attached hydrogens (primary N) is 1. The number of nitrogens with one attached hydrogen (secondary N) is 1. The Bertz CT molecular complexity index is 777. The molecule has 0 aromatic carbocycles. The van der Waals surface area contributed by atoms with Crippen molar-refractivity contribution in [3.8, 4) is 0 Å². The molecule has 4 nitrogen and oxygen atoms in total. The van der Waals surface area contributed by atoms with Gasteiger partial charge < -0.3 is 11.1 Å². The number of pyridine rings is 1. The number of alkyl halides is 3. The van der Waals surface area contributed by atoms with Crippen LogP contribution in [-0.2, 0) is 0 Å². The molecule has 0 unspecified atom stereocenters. The molecular weight excluding hydrogens is 325 g/mol. The fourth-order valence-electron chi connectivity index (χ4n) is 4.06. The first-order chi connectivity index (χ1) is 10.7. The maximum Gasteiger partial charge on any atom is 0.446 e. The number of aromatic nitrogens is 2. The number of anilines is 1. The fraction of sp³-hybridized carbons (Fsp3) is 0.533. The number of aryl methyl sites for hydroxylation is 1. The van der Waals surface area contributed by atoms with Gasteiger partial charge in [0.05, 0.1) is 16.1 Å². The van der Waals surface area contributed by atoms with Crippen molar-refractivity contribution in [1.29, 1.82) is 0 Å². The lowest BCUT2D eigenvalue weighted by Crippen LogP contribution is -2.57. The monoisotopic (exact) mass is 342 g/mol. The lowest BCUT2D eigenvalue weighted by atomic mass is 9.72. The summed E-state index contributed by atoms with van der Waals surface area (Å²) < 4.78 is 39.9. The topological polar surface area (TPSA) is 55.3 Å². The summed E-state index contributed by atoms with van der Waals surface area (Å²) in [4.78, 5) is 0.159. The highest BCUT2D eigenvalue weighted by atomic mass is 32.2. The summed E-state index contributed by atoms with van der Waals surface area (Å²) in [6, 6.07) is 5.28. The molecule has 3 N–H and O–H groups in total. The van der Waals surface area contributed by atoms with Gasteiger partial charge in [-0.2, -0.15) is 18.3 Å². The van der Waals surface area contributed by atoms with Gasteiger partial charge in [0, 0.05) is 11.1 Å². The molecule has 2 aromatic heterocycles. The Morgan fingerprint density at radius 1 is 1.30 bits per heavy atom. The van der Waals surface area contributed by atoms with E-state index >= 15 is 0 Å². The number of thioether (sulfide) groups is 1. The zero-order chi connectivity index (χ0) is 16.5. The van der Waals surface area contributed by atoms with Gasteiger partial charge in [0.15, 0.2) is 0 Å². The Hall–Kier alpha value is -1.41. The molecule has 3 aliphatic carbocycles. The maximum absolute atomic E-state index is 12.8. The van der Waals surface area contributed by atoms with Gasteiger partial charge in [0.2, 0.25) is 0 Å². The van der Waals surface area contributed by atoms with Crippen molar-refractivity contribution in [3.63, 3.8) is 0 Å². The normalized spacial score (nSPS) is 29.8. The number of halogens is 3. The van der Waals surface area contributed by atoms with Crippen molar-refractivity contribution in [2.75, 3.05) is 5.32 Å². The smallest absolute Gasteiger partial charge is 0.364 e. The van der Waals surface area contributed by atoms with E-state index < -0.39 is 5.51 Å². The van der Waals surface area contributed by atoms with Gasteiger partial charge >= 0.3 is 5.51 Å². The van der Waals surface area contributed by atoms with Crippen LogP contribution < -0.4 is 11.1 Å². The van der Waals surface area contributed by atoms with E-state index in [0.29, 0.717) is 11.2 Å². The van der Waals surface area contributed by atoms with E-state index in [-0.39, 0.29) is 27.7 Å². The summed E-state index contributed by atoms with van der Waals surface area (Å²) in [6.07, 6.45) is 3.79. The first-order valence-electron chi connectivity index (χ1n) is 7.50. The van der Waals surface area contributed by atoms with Gasteiger partial charge in [-0.1, -0.05) is 6.07 Å². The van der Waals surface area contributed by atoms with Crippen LogP contribution in [0.2, 0.25) is 0 Å². The molecule has 0 spiro atoms. The fourth-order valence-corrected chi connectivity index (χ4v) is 4.74. The largest absolute Gasteiger partial charge is 0.446 e. The Balaban J connectivity index is 1.70. The second kappa shape index (κ2) is 4.57. The molecule has 0 atom stereocenters. The summed E-state index contributed by atoms with van der Waals surface area (Å²) in [5.74, 6) is 0.726. The van der Waals surface area contributed by atoms with Crippen LogP contribution >= 0.6 is 11.8 Å². The summed E-state index contributed by atoms with van der Waals surface area (Å²) in [5, 5.41) is 7.79. The zero-order valence-corrected chi connectivity index (χ0v) is 13.4. The van der Waals surface area contributed by atoms with Crippen LogP contribution in [0.5, 0.6) is 0 Å². The van der Waals surface area contributed by atoms with Gasteiger partial charge in [-0.3, -0.25) is 0 Å². The minimum Gasteiger partial charge on any atom is -0.364 e. The number of hydrogen-bond donors (Lipinski definition) is 2. The van der Waals surface area contributed by atoms with Crippen molar-refractivity contribution >= 4 is 23.1 Å². The molecule has 0 saturated heterocycles. The highest BCUT2D eigenvalue weighted by Crippen LogP contribution is 2.55. The SMILES string of the molecule is Cc1nn2c(NC34CCC(N)(C3)C4)cccc2c1SC(F)(F)F. The molecule has 23 heavy (non-hydrogen) atoms. The molecule has 124 valence electrons. The summed E-state index contributed by atoms with van der Waals surface area (Å²) in [7, 11) is 0. The van der Waals surface area contributed by atoms with E-state index in [1.54, 1.807) is 23.6 Å². The van der Waals surface area contributed by atoms with E-state index in [0.717, 1.165) is 31.5 Å². The first kappa shape index (κ1) is 15.1. The number of fused-ring (bicyclic) bond motifs is 2. The van der Waals surface area contributed by atoms with Gasteiger partial charge in [0.25, 0.3) is 0 Å². The minimum atomic E-state index is -4.32. The summed E-state index contributed by atoms with van der Waals surface area (Å²) in [6.45, 7) is 1.60. The molecule has 0 amide bonds. The quantitative estimate of drug-likeness (QED) is 0.836. The summed E-state index contributed by atoms with van der Waals surface area (Å²) >= 11 is -0.108. The van der Waals surface area contributed by atoms with Crippen LogP contribution in [0.15, 0.2) is 23.1 Å². The first-order valence-corrected chi connectivity index (χ1v) is 8.32.